The highest BCUT2D eigenvalue weighted by atomic mass is 32.1. The van der Waals surface area contributed by atoms with E-state index in [0.717, 1.165) is 5.56 Å². The Hall–Kier alpha value is -1.73. The summed E-state index contributed by atoms with van der Waals surface area (Å²) in [7, 11) is 0. The van der Waals surface area contributed by atoms with Crippen molar-refractivity contribution < 1.29 is 9.59 Å². The zero-order valence-electron chi connectivity index (χ0n) is 9.33. The number of anilines is 1. The van der Waals surface area contributed by atoms with Crippen molar-refractivity contribution in [1.29, 1.82) is 0 Å². The number of amides is 1. The summed E-state index contributed by atoms with van der Waals surface area (Å²) >= 11 is 4.07. The number of thiol groups is 1. The van der Waals surface area contributed by atoms with E-state index >= 15 is 0 Å². The largest absolute Gasteiger partial charge is 0.318 e. The highest BCUT2D eigenvalue weighted by molar-refractivity contribution is 7.80. The fourth-order valence-electron chi connectivity index (χ4n) is 1.71. The molecule has 1 aromatic rings. The summed E-state index contributed by atoms with van der Waals surface area (Å²) in [6.07, 6.45) is 0.655. The maximum atomic E-state index is 11.7. The molecule has 17 heavy (non-hydrogen) atoms. The fraction of sp³-hybridized carbons (Fsp3) is 0.231. The summed E-state index contributed by atoms with van der Waals surface area (Å²) in [6, 6.07) is 3.58. The molecule has 0 unspecified atom stereocenters. The summed E-state index contributed by atoms with van der Waals surface area (Å²) in [6.45, 7) is 1.88. The van der Waals surface area contributed by atoms with Gasteiger partial charge in [0.25, 0.3) is 11.7 Å². The Morgan fingerprint density at radius 2 is 2.12 bits per heavy atom. The van der Waals surface area contributed by atoms with Gasteiger partial charge in [0, 0.05) is 17.7 Å². The number of ketones is 1. The Bertz CT molecular complexity index is 567. The van der Waals surface area contributed by atoms with Crippen molar-refractivity contribution >= 4 is 30.0 Å². The fourth-order valence-corrected chi connectivity index (χ4v) is 1.82. The number of hydrogen-bond donors (Lipinski definition) is 2. The second-order valence-corrected chi connectivity index (χ2v) is 4.19. The van der Waals surface area contributed by atoms with Crippen LogP contribution in [0.3, 0.4) is 0 Å². The summed E-state index contributed by atoms with van der Waals surface area (Å²) in [5, 5.41) is 2.53. The Kier molecular flexibility index (Phi) is 3.21. The van der Waals surface area contributed by atoms with Gasteiger partial charge in [-0.2, -0.15) is 12.6 Å². The van der Waals surface area contributed by atoms with E-state index in [-0.39, 0.29) is 0 Å². The van der Waals surface area contributed by atoms with E-state index in [1.165, 1.54) is 0 Å². The van der Waals surface area contributed by atoms with Crippen molar-refractivity contribution in [1.82, 2.24) is 0 Å². The number of hydrogen-bond acceptors (Lipinski definition) is 3. The molecule has 1 aromatic carbocycles. The molecule has 2 rings (SSSR count). The molecular weight excluding hydrogens is 234 g/mol. The minimum absolute atomic E-state index is 0.404. The number of nitrogens with one attached hydrogen (secondary N) is 1. The van der Waals surface area contributed by atoms with Gasteiger partial charge in [-0.15, -0.1) is 0 Å². The lowest BCUT2D eigenvalue weighted by Crippen LogP contribution is -2.13. The van der Waals surface area contributed by atoms with Crippen LogP contribution in [0.1, 0.15) is 27.9 Å². The molecule has 1 aliphatic heterocycles. The van der Waals surface area contributed by atoms with Gasteiger partial charge in [0.05, 0.1) is 11.3 Å². The average molecular weight is 245 g/mol. The van der Waals surface area contributed by atoms with Gasteiger partial charge >= 0.3 is 0 Å². The van der Waals surface area contributed by atoms with Gasteiger partial charge in [-0.05, 0) is 18.6 Å². The number of rotatable bonds is 1. The first kappa shape index (κ1) is 11.7. The van der Waals surface area contributed by atoms with Crippen LogP contribution in [0, 0.1) is 18.8 Å². The molecule has 3 nitrogen and oxygen atoms in total. The molecule has 1 N–H and O–H groups in total. The van der Waals surface area contributed by atoms with E-state index < -0.39 is 11.7 Å². The lowest BCUT2D eigenvalue weighted by atomic mass is 9.99. The van der Waals surface area contributed by atoms with Crippen LogP contribution in [-0.2, 0) is 4.79 Å². The first-order valence-electron chi connectivity index (χ1n) is 5.24. The molecule has 4 heteroatoms. The standard InChI is InChI=1S/C13H11NO2S/c1-8-5-6-10-11(12(15)13(16)14-10)9(8)4-2-3-7-17/h5-6,17H,3,7H2,1H3,(H,14,15,16). The van der Waals surface area contributed by atoms with Crippen LogP contribution in [0.25, 0.3) is 0 Å². The van der Waals surface area contributed by atoms with Gasteiger partial charge in [-0.25, -0.2) is 0 Å². The van der Waals surface area contributed by atoms with Crippen LogP contribution in [0.4, 0.5) is 5.69 Å². The summed E-state index contributed by atoms with van der Waals surface area (Å²) < 4.78 is 0. The van der Waals surface area contributed by atoms with Crippen molar-refractivity contribution in [2.24, 2.45) is 0 Å². The topological polar surface area (TPSA) is 46.2 Å². The molecule has 0 aliphatic carbocycles. The smallest absolute Gasteiger partial charge is 0.296 e. The molecule has 1 aliphatic rings. The molecule has 0 saturated carbocycles. The summed E-state index contributed by atoms with van der Waals surface area (Å²) in [5.41, 5.74) is 2.51. The van der Waals surface area contributed by atoms with Crippen molar-refractivity contribution in [2.45, 2.75) is 13.3 Å². The maximum absolute atomic E-state index is 11.7. The Morgan fingerprint density at radius 3 is 2.82 bits per heavy atom. The van der Waals surface area contributed by atoms with E-state index in [1.54, 1.807) is 6.07 Å². The van der Waals surface area contributed by atoms with Crippen molar-refractivity contribution in [2.75, 3.05) is 11.1 Å². The molecule has 0 radical (unpaired) electrons. The minimum Gasteiger partial charge on any atom is -0.318 e. The van der Waals surface area contributed by atoms with Gasteiger partial charge in [0.1, 0.15) is 0 Å². The van der Waals surface area contributed by atoms with E-state index in [9.17, 15) is 9.59 Å². The molecule has 0 bridgehead atoms. The van der Waals surface area contributed by atoms with Crippen LogP contribution >= 0.6 is 12.6 Å². The van der Waals surface area contributed by atoms with Gasteiger partial charge < -0.3 is 5.32 Å². The molecule has 0 spiro atoms. The van der Waals surface area contributed by atoms with Gasteiger partial charge in [0.2, 0.25) is 0 Å². The third-order valence-electron chi connectivity index (χ3n) is 2.55. The second kappa shape index (κ2) is 4.64. The van der Waals surface area contributed by atoms with Crippen LogP contribution in [-0.4, -0.2) is 17.4 Å². The van der Waals surface area contributed by atoms with Crippen molar-refractivity contribution in [3.05, 3.63) is 28.8 Å². The van der Waals surface area contributed by atoms with E-state index in [1.807, 2.05) is 13.0 Å². The third-order valence-corrected chi connectivity index (χ3v) is 2.77. The van der Waals surface area contributed by atoms with Crippen LogP contribution in [0.15, 0.2) is 12.1 Å². The predicted octanol–water partition coefficient (Wildman–Crippen LogP) is 1.80. The third kappa shape index (κ3) is 2.06. The van der Waals surface area contributed by atoms with E-state index in [4.69, 9.17) is 0 Å². The summed E-state index contributed by atoms with van der Waals surface area (Å²) in [4.78, 5) is 23.0. The first-order chi connectivity index (χ1) is 8.15. The van der Waals surface area contributed by atoms with E-state index in [2.05, 4.69) is 29.8 Å². The molecule has 0 fully saturated rings. The monoisotopic (exact) mass is 245 g/mol. The Balaban J connectivity index is 2.54. The molecule has 0 aromatic heterocycles. The van der Waals surface area contributed by atoms with Crippen molar-refractivity contribution in [3.8, 4) is 11.8 Å². The lowest BCUT2D eigenvalue weighted by molar-refractivity contribution is -0.112. The van der Waals surface area contributed by atoms with Crippen LogP contribution < -0.4 is 5.32 Å². The maximum Gasteiger partial charge on any atom is 0.296 e. The number of aryl methyl sites for hydroxylation is 1. The highest BCUT2D eigenvalue weighted by Gasteiger charge is 2.30. The molecular formula is C13H11NO2S. The number of fused-ring (bicyclic) bond motifs is 1. The lowest BCUT2D eigenvalue weighted by Gasteiger charge is -2.03. The number of benzene rings is 1. The Labute approximate surface area is 105 Å². The SMILES string of the molecule is Cc1ccc2c(c1C#CCCS)C(=O)C(=O)N2. The van der Waals surface area contributed by atoms with Crippen LogP contribution in [0.5, 0.6) is 0 Å². The van der Waals surface area contributed by atoms with E-state index in [0.29, 0.717) is 29.0 Å². The molecule has 1 heterocycles. The normalized spacial score (nSPS) is 12.8. The van der Waals surface area contributed by atoms with Gasteiger partial charge in [-0.1, -0.05) is 17.9 Å². The highest BCUT2D eigenvalue weighted by Crippen LogP contribution is 2.28. The van der Waals surface area contributed by atoms with Gasteiger partial charge in [-0.3, -0.25) is 9.59 Å². The quantitative estimate of drug-likeness (QED) is 0.450. The average Bonchev–Trinajstić information content (AvgIpc) is 2.59. The Morgan fingerprint density at radius 1 is 1.35 bits per heavy atom. The number of carbonyl (C=O) groups is 2. The zero-order chi connectivity index (χ0) is 12.4. The van der Waals surface area contributed by atoms with Crippen LogP contribution in [0.2, 0.25) is 0 Å². The molecule has 0 atom stereocenters. The van der Waals surface area contributed by atoms with Gasteiger partial charge in [0.15, 0.2) is 0 Å². The first-order valence-corrected chi connectivity index (χ1v) is 5.87. The molecule has 0 saturated heterocycles. The molecule has 1 amide bonds. The number of carbonyl (C=O) groups excluding carboxylic acids is 2. The zero-order valence-corrected chi connectivity index (χ0v) is 10.2. The molecule has 86 valence electrons. The number of Topliss-reactive ketones (excluding diaryl/α,β-unsaturated/α-hetero) is 1. The second-order valence-electron chi connectivity index (χ2n) is 3.74. The predicted molar refractivity (Wildman–Crippen MR) is 69.5 cm³/mol. The minimum atomic E-state index is -0.581. The summed E-state index contributed by atoms with van der Waals surface area (Å²) in [5.74, 6) is 5.48. The van der Waals surface area contributed by atoms with Crippen molar-refractivity contribution in [3.63, 3.8) is 0 Å².